The fourth-order valence-corrected chi connectivity index (χ4v) is 3.67. The van der Waals surface area contributed by atoms with Gasteiger partial charge in [0.25, 0.3) is 0 Å². The van der Waals surface area contributed by atoms with Crippen LogP contribution in [-0.2, 0) is 0 Å². The van der Waals surface area contributed by atoms with E-state index in [2.05, 4.69) is 25.2 Å². The Morgan fingerprint density at radius 1 is 1.47 bits per heavy atom. The number of allylic oxidation sites excluding steroid dienone is 1. The molecule has 1 aromatic rings. The third-order valence-electron chi connectivity index (χ3n) is 2.62. The van der Waals surface area contributed by atoms with Crippen molar-refractivity contribution in [1.29, 1.82) is 0 Å². The lowest BCUT2D eigenvalue weighted by Crippen LogP contribution is -2.07. The van der Waals surface area contributed by atoms with Crippen molar-refractivity contribution < 1.29 is 4.79 Å². The van der Waals surface area contributed by atoms with E-state index in [0.717, 1.165) is 16.4 Å². The zero-order valence-corrected chi connectivity index (χ0v) is 13.8. The lowest BCUT2D eigenvalue weighted by Gasteiger charge is -2.03. The first kappa shape index (κ1) is 16.1. The van der Waals surface area contributed by atoms with Crippen molar-refractivity contribution in [2.45, 2.75) is 32.6 Å². The number of nitrogen functional groups attached to an aromatic ring is 1. The quantitative estimate of drug-likeness (QED) is 0.468. The molecule has 0 saturated heterocycles. The second-order valence-electron chi connectivity index (χ2n) is 4.89. The molecule has 0 radical (unpaired) electrons. The van der Waals surface area contributed by atoms with Crippen molar-refractivity contribution in [3.63, 3.8) is 0 Å². The summed E-state index contributed by atoms with van der Waals surface area (Å²) in [4.78, 5) is 13.8. The Balaban J connectivity index is 3.02. The smallest absolute Gasteiger partial charge is 0.177 e. The number of Topliss-reactive ketones (excluding diaryl/α,β-unsaturated/α-hetero) is 1. The van der Waals surface area contributed by atoms with Gasteiger partial charge >= 0.3 is 0 Å². The van der Waals surface area contributed by atoms with Crippen LogP contribution in [0.2, 0.25) is 0 Å². The summed E-state index contributed by atoms with van der Waals surface area (Å²) in [5, 5.41) is 4.33. The Morgan fingerprint density at radius 3 is 2.58 bits per heavy atom. The largest absolute Gasteiger partial charge is 0.396 e. The second-order valence-corrected chi connectivity index (χ2v) is 6.73. The van der Waals surface area contributed by atoms with Gasteiger partial charge in [-0.1, -0.05) is 25.5 Å². The molecule has 0 amide bonds. The first-order valence-electron chi connectivity index (χ1n) is 6.26. The Kier molecular flexibility index (Phi) is 5.94. The van der Waals surface area contributed by atoms with E-state index in [1.807, 2.05) is 20.1 Å². The topological polar surface area (TPSA) is 55.1 Å². The number of carbonyl (C=O) groups is 1. The molecule has 0 aliphatic rings. The maximum absolute atomic E-state index is 12.1. The van der Waals surface area contributed by atoms with Crippen molar-refractivity contribution in [3.05, 3.63) is 16.5 Å². The van der Waals surface area contributed by atoms with Gasteiger partial charge in [0.2, 0.25) is 0 Å². The van der Waals surface area contributed by atoms with E-state index in [1.54, 1.807) is 11.8 Å². The van der Waals surface area contributed by atoms with Crippen LogP contribution in [0, 0.1) is 5.92 Å². The maximum atomic E-state index is 12.1. The predicted molar refractivity (Wildman–Crippen MR) is 87.6 cm³/mol. The summed E-state index contributed by atoms with van der Waals surface area (Å²) in [6, 6.07) is 0. The first-order chi connectivity index (χ1) is 8.88. The first-order valence-corrected chi connectivity index (χ1v) is 8.30. The highest BCUT2D eigenvalue weighted by molar-refractivity contribution is 7.99. The summed E-state index contributed by atoms with van der Waals surface area (Å²) in [6.45, 7) is 8.68. The van der Waals surface area contributed by atoms with Crippen molar-refractivity contribution in [2.75, 3.05) is 23.9 Å². The van der Waals surface area contributed by atoms with E-state index in [0.29, 0.717) is 10.6 Å². The van der Waals surface area contributed by atoms with E-state index in [4.69, 9.17) is 5.73 Å². The molecule has 1 rings (SSSR count). The van der Waals surface area contributed by atoms with Crippen LogP contribution in [0.15, 0.2) is 16.5 Å². The lowest BCUT2D eigenvalue weighted by atomic mass is 10.1. The molecule has 0 unspecified atom stereocenters. The molecule has 1 heterocycles. The molecule has 0 fully saturated rings. The highest BCUT2D eigenvalue weighted by atomic mass is 32.2. The Bertz CT molecular complexity index is 486. The number of ketones is 1. The highest BCUT2D eigenvalue weighted by Gasteiger charge is 2.22. The van der Waals surface area contributed by atoms with Gasteiger partial charge in [-0.3, -0.25) is 4.79 Å². The number of anilines is 2. The van der Waals surface area contributed by atoms with Gasteiger partial charge in [-0.25, -0.2) is 0 Å². The molecule has 0 spiro atoms. The van der Waals surface area contributed by atoms with Crippen LogP contribution in [0.25, 0.3) is 0 Å². The summed E-state index contributed by atoms with van der Waals surface area (Å²) in [5.74, 6) is 0.0920. The van der Waals surface area contributed by atoms with Crippen molar-refractivity contribution >= 4 is 39.6 Å². The molecule has 0 aliphatic heterocycles. The summed E-state index contributed by atoms with van der Waals surface area (Å²) < 4.78 is 0. The summed E-state index contributed by atoms with van der Waals surface area (Å²) in [5.41, 5.74) is 7.98. The lowest BCUT2D eigenvalue weighted by molar-refractivity contribution is 0.0944. The molecule has 3 N–H and O–H groups in total. The van der Waals surface area contributed by atoms with Crippen molar-refractivity contribution in [2.24, 2.45) is 5.92 Å². The molecule has 0 aliphatic carbocycles. The number of nitrogens with one attached hydrogen (secondary N) is 1. The second kappa shape index (κ2) is 7.01. The summed E-state index contributed by atoms with van der Waals surface area (Å²) in [6.07, 6.45) is 4.10. The van der Waals surface area contributed by atoms with Gasteiger partial charge in [0.05, 0.1) is 15.5 Å². The molecule has 3 nitrogen and oxygen atoms in total. The van der Waals surface area contributed by atoms with Gasteiger partial charge in [0, 0.05) is 12.5 Å². The molecule has 0 aromatic carbocycles. The molecular formula is C14H22N2OS2. The van der Waals surface area contributed by atoms with Gasteiger partial charge in [-0.05, 0) is 20.1 Å². The summed E-state index contributed by atoms with van der Waals surface area (Å²) >= 11 is 3.04. The number of thiophene rings is 1. The van der Waals surface area contributed by atoms with E-state index in [1.165, 1.54) is 16.9 Å². The van der Waals surface area contributed by atoms with Gasteiger partial charge in [-0.15, -0.1) is 23.1 Å². The van der Waals surface area contributed by atoms with Crippen LogP contribution in [0.3, 0.4) is 0 Å². The van der Waals surface area contributed by atoms with E-state index in [-0.39, 0.29) is 11.7 Å². The van der Waals surface area contributed by atoms with Crippen LogP contribution >= 0.6 is 23.1 Å². The average Bonchev–Trinajstić information content (AvgIpc) is 2.64. The molecule has 0 bridgehead atoms. The van der Waals surface area contributed by atoms with Gasteiger partial charge in [0.15, 0.2) is 5.78 Å². The number of carbonyl (C=O) groups excluding carboxylic acids is 1. The monoisotopic (exact) mass is 298 g/mol. The average molecular weight is 298 g/mol. The zero-order chi connectivity index (χ0) is 14.6. The number of hydrogen-bond acceptors (Lipinski definition) is 5. The molecule has 106 valence electrons. The van der Waals surface area contributed by atoms with Crippen LogP contribution in [0.4, 0.5) is 10.7 Å². The fourth-order valence-electron chi connectivity index (χ4n) is 1.54. The van der Waals surface area contributed by atoms with Crippen LogP contribution in [0.5, 0.6) is 0 Å². The van der Waals surface area contributed by atoms with Crippen LogP contribution in [0.1, 0.15) is 37.4 Å². The minimum absolute atomic E-state index is 0.0266. The molecule has 5 heteroatoms. The number of thioether (sulfide) groups is 1. The Labute approximate surface area is 123 Å². The third-order valence-corrected chi connectivity index (χ3v) is 4.76. The van der Waals surface area contributed by atoms with Gasteiger partial charge in [0.1, 0.15) is 5.00 Å². The Morgan fingerprint density at radius 2 is 2.11 bits per heavy atom. The minimum Gasteiger partial charge on any atom is -0.396 e. The van der Waals surface area contributed by atoms with Gasteiger partial charge < -0.3 is 11.1 Å². The summed E-state index contributed by atoms with van der Waals surface area (Å²) in [7, 11) is 0. The highest BCUT2D eigenvalue weighted by Crippen LogP contribution is 2.42. The maximum Gasteiger partial charge on any atom is 0.177 e. The number of hydrogen-bond donors (Lipinski definition) is 2. The number of rotatable bonds is 6. The Hall–Kier alpha value is -0.940. The standard InChI is InChI=1S/C14H22N2OS2/c1-8(2)6-7-16-14-13(18-5)10(15)12(19-14)11(17)9(3)4/h6,9,16H,7,15H2,1-5H3. The van der Waals surface area contributed by atoms with E-state index >= 15 is 0 Å². The van der Waals surface area contributed by atoms with E-state index < -0.39 is 0 Å². The van der Waals surface area contributed by atoms with Crippen molar-refractivity contribution in [3.8, 4) is 0 Å². The molecular weight excluding hydrogens is 276 g/mol. The number of nitrogens with two attached hydrogens (primary N) is 1. The van der Waals surface area contributed by atoms with E-state index in [9.17, 15) is 4.79 Å². The van der Waals surface area contributed by atoms with Gasteiger partial charge in [-0.2, -0.15) is 0 Å². The molecule has 0 atom stereocenters. The predicted octanol–water partition coefficient (Wildman–Crippen LogP) is 4.27. The SMILES string of the molecule is CSc1c(NCC=C(C)C)sc(C(=O)C(C)C)c1N. The van der Waals surface area contributed by atoms with Crippen LogP contribution < -0.4 is 11.1 Å². The minimum atomic E-state index is -0.0266. The normalized spacial score (nSPS) is 10.6. The molecule has 0 saturated carbocycles. The van der Waals surface area contributed by atoms with Crippen LogP contribution in [-0.4, -0.2) is 18.6 Å². The third kappa shape index (κ3) is 4.01. The molecule has 19 heavy (non-hydrogen) atoms. The van der Waals surface area contributed by atoms with Crippen molar-refractivity contribution in [1.82, 2.24) is 0 Å². The fraction of sp³-hybridized carbons (Fsp3) is 0.500. The zero-order valence-electron chi connectivity index (χ0n) is 12.2. The molecule has 1 aromatic heterocycles.